The molecular formula is C18H30N2O. The van der Waals surface area contributed by atoms with Crippen LogP contribution in [0.25, 0.3) is 0 Å². The number of carbonyl (C=O) groups is 1. The molecule has 0 aromatic heterocycles. The maximum absolute atomic E-state index is 12.3. The summed E-state index contributed by atoms with van der Waals surface area (Å²) in [7, 11) is 0. The highest BCUT2D eigenvalue weighted by atomic mass is 16.1. The van der Waals surface area contributed by atoms with Crippen molar-refractivity contribution in [3.05, 3.63) is 35.9 Å². The van der Waals surface area contributed by atoms with E-state index in [1.54, 1.807) is 0 Å². The third kappa shape index (κ3) is 6.30. The van der Waals surface area contributed by atoms with Gasteiger partial charge in [-0.15, -0.1) is 0 Å². The summed E-state index contributed by atoms with van der Waals surface area (Å²) in [4.78, 5) is 12.3. The summed E-state index contributed by atoms with van der Waals surface area (Å²) in [6.07, 6.45) is 1.30. The zero-order valence-electron chi connectivity index (χ0n) is 14.0. The monoisotopic (exact) mass is 290 g/mol. The quantitative estimate of drug-likeness (QED) is 0.840. The topological polar surface area (TPSA) is 55.1 Å². The van der Waals surface area contributed by atoms with Gasteiger partial charge >= 0.3 is 0 Å². The minimum Gasteiger partial charge on any atom is -0.349 e. The fraction of sp³-hybridized carbons (Fsp3) is 0.611. The molecule has 2 unspecified atom stereocenters. The lowest BCUT2D eigenvalue weighted by molar-refractivity contribution is -0.122. The van der Waals surface area contributed by atoms with Gasteiger partial charge in [0.1, 0.15) is 0 Å². The summed E-state index contributed by atoms with van der Waals surface area (Å²) < 4.78 is 0. The minimum atomic E-state index is -0.132. The zero-order valence-corrected chi connectivity index (χ0v) is 14.0. The molecule has 3 nitrogen and oxygen atoms in total. The minimum absolute atomic E-state index is 0.0342. The predicted molar refractivity (Wildman–Crippen MR) is 88.8 cm³/mol. The molecule has 0 radical (unpaired) electrons. The van der Waals surface area contributed by atoms with E-state index in [2.05, 4.69) is 52.1 Å². The summed E-state index contributed by atoms with van der Waals surface area (Å²) >= 11 is 0. The lowest BCUT2D eigenvalue weighted by Crippen LogP contribution is -2.41. The molecule has 0 saturated carbocycles. The van der Waals surface area contributed by atoms with E-state index in [9.17, 15) is 4.79 Å². The fourth-order valence-electron chi connectivity index (χ4n) is 2.19. The van der Waals surface area contributed by atoms with Gasteiger partial charge in [-0.1, -0.05) is 65.0 Å². The van der Waals surface area contributed by atoms with Crippen LogP contribution in [0.5, 0.6) is 0 Å². The molecule has 1 amide bonds. The van der Waals surface area contributed by atoms with E-state index in [1.165, 1.54) is 0 Å². The van der Waals surface area contributed by atoms with Gasteiger partial charge in [0.2, 0.25) is 5.91 Å². The van der Waals surface area contributed by atoms with Crippen LogP contribution in [-0.4, -0.2) is 11.9 Å². The molecule has 0 aliphatic carbocycles. The van der Waals surface area contributed by atoms with Crippen LogP contribution in [0.3, 0.4) is 0 Å². The fourth-order valence-corrected chi connectivity index (χ4v) is 2.19. The van der Waals surface area contributed by atoms with E-state index in [1.807, 2.05) is 18.2 Å². The molecule has 0 bridgehead atoms. The van der Waals surface area contributed by atoms with Crippen LogP contribution in [0, 0.1) is 11.3 Å². The molecule has 2 atom stereocenters. The molecule has 0 heterocycles. The summed E-state index contributed by atoms with van der Waals surface area (Å²) in [6, 6.07) is 10.1. The molecule has 0 aliphatic heterocycles. The summed E-state index contributed by atoms with van der Waals surface area (Å²) in [5, 5.41) is 3.15. The van der Waals surface area contributed by atoms with Crippen LogP contribution < -0.4 is 11.1 Å². The number of nitrogens with two attached hydrogens (primary N) is 1. The Bertz CT molecular complexity index is 434. The van der Waals surface area contributed by atoms with Gasteiger partial charge in [0.05, 0.1) is 6.04 Å². The van der Waals surface area contributed by atoms with Crippen molar-refractivity contribution in [1.29, 1.82) is 0 Å². The van der Waals surface area contributed by atoms with Crippen LogP contribution in [0.1, 0.15) is 59.1 Å². The van der Waals surface area contributed by atoms with Crippen molar-refractivity contribution >= 4 is 5.91 Å². The summed E-state index contributed by atoms with van der Waals surface area (Å²) in [5.74, 6) is 0.554. The highest BCUT2D eigenvalue weighted by Crippen LogP contribution is 2.23. The molecule has 1 aromatic rings. The van der Waals surface area contributed by atoms with Crippen LogP contribution in [0.4, 0.5) is 0 Å². The number of carbonyl (C=O) groups excluding carboxylic acids is 1. The number of amides is 1. The second-order valence-electron chi connectivity index (χ2n) is 7.34. The first-order chi connectivity index (χ1) is 9.70. The van der Waals surface area contributed by atoms with Crippen LogP contribution in [0.15, 0.2) is 30.3 Å². The normalized spacial score (nSPS) is 14.8. The second-order valence-corrected chi connectivity index (χ2v) is 7.34. The largest absolute Gasteiger partial charge is 0.349 e. The zero-order chi connectivity index (χ0) is 16.0. The van der Waals surface area contributed by atoms with Crippen LogP contribution in [0.2, 0.25) is 0 Å². The van der Waals surface area contributed by atoms with Crippen molar-refractivity contribution in [1.82, 2.24) is 5.32 Å². The maximum Gasteiger partial charge on any atom is 0.222 e. The van der Waals surface area contributed by atoms with Crippen molar-refractivity contribution in [3.8, 4) is 0 Å². The maximum atomic E-state index is 12.3. The first-order valence-electron chi connectivity index (χ1n) is 7.80. The van der Waals surface area contributed by atoms with Gasteiger partial charge in [0, 0.05) is 12.5 Å². The van der Waals surface area contributed by atoms with Crippen molar-refractivity contribution in [2.45, 2.75) is 59.5 Å². The molecule has 0 fully saturated rings. The second kappa shape index (κ2) is 7.60. The van der Waals surface area contributed by atoms with E-state index >= 15 is 0 Å². The van der Waals surface area contributed by atoms with E-state index in [0.29, 0.717) is 12.3 Å². The van der Waals surface area contributed by atoms with Crippen molar-refractivity contribution in [2.75, 3.05) is 0 Å². The standard InChI is InChI=1S/C18H30N2O/c1-13(2)11-15(14-9-7-6-8-10-14)20-17(21)12-16(19)18(3,4)5/h6-10,13,15-16H,11-12,19H2,1-5H3,(H,20,21). The average molecular weight is 290 g/mol. The summed E-state index contributed by atoms with van der Waals surface area (Å²) in [5.41, 5.74) is 7.20. The van der Waals surface area contributed by atoms with Gasteiger partial charge in [0.25, 0.3) is 0 Å². The molecule has 118 valence electrons. The van der Waals surface area contributed by atoms with E-state index < -0.39 is 0 Å². The van der Waals surface area contributed by atoms with Gasteiger partial charge in [-0.3, -0.25) is 4.79 Å². The lowest BCUT2D eigenvalue weighted by atomic mass is 9.85. The first-order valence-corrected chi connectivity index (χ1v) is 7.80. The molecule has 0 saturated heterocycles. The van der Waals surface area contributed by atoms with Gasteiger partial charge in [-0.25, -0.2) is 0 Å². The number of nitrogens with one attached hydrogen (secondary N) is 1. The Morgan fingerprint density at radius 2 is 1.76 bits per heavy atom. The van der Waals surface area contributed by atoms with E-state index in [0.717, 1.165) is 12.0 Å². The number of hydrogen-bond acceptors (Lipinski definition) is 2. The van der Waals surface area contributed by atoms with E-state index in [4.69, 9.17) is 5.73 Å². The molecule has 3 N–H and O–H groups in total. The number of hydrogen-bond donors (Lipinski definition) is 2. The Hall–Kier alpha value is -1.35. The Morgan fingerprint density at radius 3 is 2.24 bits per heavy atom. The Morgan fingerprint density at radius 1 is 1.19 bits per heavy atom. The van der Waals surface area contributed by atoms with Gasteiger partial charge in [0.15, 0.2) is 0 Å². The van der Waals surface area contributed by atoms with Crippen LogP contribution >= 0.6 is 0 Å². The smallest absolute Gasteiger partial charge is 0.222 e. The number of rotatable bonds is 6. The first kappa shape index (κ1) is 17.7. The highest BCUT2D eigenvalue weighted by molar-refractivity contribution is 5.77. The third-order valence-electron chi connectivity index (χ3n) is 3.76. The number of benzene rings is 1. The lowest BCUT2D eigenvalue weighted by Gasteiger charge is -2.28. The summed E-state index contributed by atoms with van der Waals surface area (Å²) in [6.45, 7) is 10.5. The molecule has 1 rings (SSSR count). The van der Waals surface area contributed by atoms with E-state index in [-0.39, 0.29) is 23.4 Å². The van der Waals surface area contributed by atoms with Crippen molar-refractivity contribution in [2.24, 2.45) is 17.1 Å². The molecule has 0 spiro atoms. The molecular weight excluding hydrogens is 260 g/mol. The molecule has 1 aromatic carbocycles. The SMILES string of the molecule is CC(C)CC(NC(=O)CC(N)C(C)(C)C)c1ccccc1. The highest BCUT2D eigenvalue weighted by Gasteiger charge is 2.24. The third-order valence-corrected chi connectivity index (χ3v) is 3.76. The van der Waals surface area contributed by atoms with Crippen LogP contribution in [-0.2, 0) is 4.79 Å². The molecule has 21 heavy (non-hydrogen) atoms. The average Bonchev–Trinajstić information content (AvgIpc) is 2.37. The Kier molecular flexibility index (Phi) is 6.41. The molecule has 0 aliphatic rings. The van der Waals surface area contributed by atoms with Crippen molar-refractivity contribution < 1.29 is 4.79 Å². The van der Waals surface area contributed by atoms with Gasteiger partial charge in [-0.2, -0.15) is 0 Å². The predicted octanol–water partition coefficient (Wildman–Crippen LogP) is 3.65. The van der Waals surface area contributed by atoms with Gasteiger partial charge in [-0.05, 0) is 23.3 Å². The Labute approximate surface area is 129 Å². The van der Waals surface area contributed by atoms with Crippen molar-refractivity contribution in [3.63, 3.8) is 0 Å². The van der Waals surface area contributed by atoms with Gasteiger partial charge < -0.3 is 11.1 Å². The Balaban J connectivity index is 2.71. The molecule has 3 heteroatoms.